The zero-order chi connectivity index (χ0) is 16.9. The number of nitrogens with zero attached hydrogens (tertiary/aromatic N) is 2. The molecule has 6 heteroatoms. The molecular weight excluding hydrogens is 415 g/mol. The highest BCUT2D eigenvalue weighted by atomic mass is 127. The van der Waals surface area contributed by atoms with Crippen molar-refractivity contribution in [1.29, 1.82) is 0 Å². The van der Waals surface area contributed by atoms with Gasteiger partial charge < -0.3 is 20.3 Å². The molecule has 1 rings (SSSR count). The standard InChI is InChI=1S/C18H38N4O.HI/c1-5-19-18(20-13-10-14-23-6-2)21-15-17(22(3)4)16-11-8-7-9-12-16;/h16-17H,5-15H2,1-4H3,(H2,19,20,21);1H. The Labute approximate surface area is 166 Å². The highest BCUT2D eigenvalue weighted by molar-refractivity contribution is 14.0. The SMILES string of the molecule is CCNC(=NCC(C1CCCCC1)N(C)C)NCCCOCC.I. The van der Waals surface area contributed by atoms with Crippen LogP contribution >= 0.6 is 24.0 Å². The highest BCUT2D eigenvalue weighted by Crippen LogP contribution is 2.28. The number of nitrogens with one attached hydrogen (secondary N) is 2. The van der Waals surface area contributed by atoms with Crippen LogP contribution < -0.4 is 10.6 Å². The number of aliphatic imine (C=N–C) groups is 1. The van der Waals surface area contributed by atoms with Crippen molar-refractivity contribution in [3.05, 3.63) is 0 Å². The molecule has 0 aromatic rings. The molecule has 0 aromatic carbocycles. The average molecular weight is 454 g/mol. The highest BCUT2D eigenvalue weighted by Gasteiger charge is 2.25. The molecule has 1 aliphatic rings. The summed E-state index contributed by atoms with van der Waals surface area (Å²) in [5.41, 5.74) is 0. The second kappa shape index (κ2) is 15.2. The lowest BCUT2D eigenvalue weighted by molar-refractivity contribution is 0.145. The third kappa shape index (κ3) is 10.0. The third-order valence-electron chi connectivity index (χ3n) is 4.60. The molecule has 5 nitrogen and oxygen atoms in total. The molecule has 0 aromatic heterocycles. The molecule has 1 aliphatic carbocycles. The molecule has 144 valence electrons. The van der Waals surface area contributed by atoms with Crippen LogP contribution in [0.25, 0.3) is 0 Å². The second-order valence-electron chi connectivity index (χ2n) is 6.63. The third-order valence-corrected chi connectivity index (χ3v) is 4.60. The van der Waals surface area contributed by atoms with Crippen LogP contribution in [0.4, 0.5) is 0 Å². The number of halogens is 1. The van der Waals surface area contributed by atoms with E-state index in [9.17, 15) is 0 Å². The normalized spacial score (nSPS) is 17.5. The maximum absolute atomic E-state index is 5.38. The monoisotopic (exact) mass is 454 g/mol. The first-order valence-electron chi connectivity index (χ1n) is 9.45. The van der Waals surface area contributed by atoms with Gasteiger partial charge in [-0.2, -0.15) is 0 Å². The maximum Gasteiger partial charge on any atom is 0.191 e. The van der Waals surface area contributed by atoms with Gasteiger partial charge in [-0.3, -0.25) is 4.99 Å². The van der Waals surface area contributed by atoms with Crippen molar-refractivity contribution in [3.8, 4) is 0 Å². The minimum atomic E-state index is 0. The number of guanidine groups is 1. The molecule has 24 heavy (non-hydrogen) atoms. The van der Waals surface area contributed by atoms with Crippen LogP contribution in [-0.2, 0) is 4.74 Å². The Morgan fingerprint density at radius 1 is 1.17 bits per heavy atom. The molecule has 1 unspecified atom stereocenters. The molecule has 2 N–H and O–H groups in total. The van der Waals surface area contributed by atoms with Crippen molar-refractivity contribution >= 4 is 29.9 Å². The Morgan fingerprint density at radius 3 is 2.46 bits per heavy atom. The molecule has 0 spiro atoms. The summed E-state index contributed by atoms with van der Waals surface area (Å²) in [4.78, 5) is 7.20. The van der Waals surface area contributed by atoms with Crippen LogP contribution in [0.3, 0.4) is 0 Å². The van der Waals surface area contributed by atoms with Gasteiger partial charge in [-0.15, -0.1) is 24.0 Å². The van der Waals surface area contributed by atoms with Crippen LogP contribution in [0.15, 0.2) is 4.99 Å². The largest absolute Gasteiger partial charge is 0.382 e. The molecule has 1 atom stereocenters. The van der Waals surface area contributed by atoms with Gasteiger partial charge in [-0.05, 0) is 53.1 Å². The first-order chi connectivity index (χ1) is 11.2. The predicted molar refractivity (Wildman–Crippen MR) is 115 cm³/mol. The predicted octanol–water partition coefficient (Wildman–Crippen LogP) is 3.10. The van der Waals surface area contributed by atoms with E-state index in [1.165, 1.54) is 32.1 Å². The quantitative estimate of drug-likeness (QED) is 0.231. The molecule has 0 radical (unpaired) electrons. The molecule has 0 saturated heterocycles. The second-order valence-corrected chi connectivity index (χ2v) is 6.63. The van der Waals surface area contributed by atoms with E-state index in [2.05, 4.69) is 36.6 Å². The first kappa shape index (κ1) is 23.9. The van der Waals surface area contributed by atoms with Crippen molar-refractivity contribution in [1.82, 2.24) is 15.5 Å². The van der Waals surface area contributed by atoms with Crippen molar-refractivity contribution in [2.24, 2.45) is 10.9 Å². The van der Waals surface area contributed by atoms with E-state index in [4.69, 9.17) is 9.73 Å². The number of hydrogen-bond acceptors (Lipinski definition) is 3. The van der Waals surface area contributed by atoms with Gasteiger partial charge in [0.1, 0.15) is 0 Å². The van der Waals surface area contributed by atoms with Gasteiger partial charge >= 0.3 is 0 Å². The van der Waals surface area contributed by atoms with E-state index in [0.29, 0.717) is 6.04 Å². The van der Waals surface area contributed by atoms with Crippen molar-refractivity contribution in [2.45, 2.75) is 58.4 Å². The molecule has 1 saturated carbocycles. The summed E-state index contributed by atoms with van der Waals surface area (Å²) in [6, 6.07) is 0.550. The van der Waals surface area contributed by atoms with E-state index >= 15 is 0 Å². The number of rotatable bonds is 10. The fourth-order valence-electron chi connectivity index (χ4n) is 3.30. The lowest BCUT2D eigenvalue weighted by Gasteiger charge is -2.34. The van der Waals surface area contributed by atoms with E-state index in [0.717, 1.165) is 51.1 Å². The summed E-state index contributed by atoms with van der Waals surface area (Å²) in [6.45, 7) is 8.42. The zero-order valence-corrected chi connectivity index (χ0v) is 18.5. The molecule has 1 fully saturated rings. The Morgan fingerprint density at radius 2 is 1.88 bits per heavy atom. The summed E-state index contributed by atoms with van der Waals surface area (Å²) in [5, 5.41) is 6.77. The maximum atomic E-state index is 5.38. The molecule has 0 amide bonds. The Hall–Kier alpha value is -0.0800. The molecular formula is C18H39IN4O. The molecule has 0 aliphatic heterocycles. The number of likely N-dealkylation sites (N-methyl/N-ethyl adjacent to an activating group) is 1. The summed E-state index contributed by atoms with van der Waals surface area (Å²) in [7, 11) is 4.38. The first-order valence-corrected chi connectivity index (χ1v) is 9.45. The van der Waals surface area contributed by atoms with Crippen molar-refractivity contribution in [3.63, 3.8) is 0 Å². The summed E-state index contributed by atoms with van der Waals surface area (Å²) in [5.74, 6) is 1.73. The minimum Gasteiger partial charge on any atom is -0.382 e. The minimum absolute atomic E-state index is 0. The van der Waals surface area contributed by atoms with Gasteiger partial charge in [-0.25, -0.2) is 0 Å². The smallest absolute Gasteiger partial charge is 0.191 e. The fraction of sp³-hybridized carbons (Fsp3) is 0.944. The van der Waals surface area contributed by atoms with Gasteiger partial charge in [-0.1, -0.05) is 19.3 Å². The van der Waals surface area contributed by atoms with Gasteiger partial charge in [0.05, 0.1) is 6.54 Å². The Bertz CT molecular complexity index is 320. The van der Waals surface area contributed by atoms with E-state index in [-0.39, 0.29) is 24.0 Å². The number of ether oxygens (including phenoxy) is 1. The fourth-order valence-corrected chi connectivity index (χ4v) is 3.30. The summed E-state index contributed by atoms with van der Waals surface area (Å²) in [6.07, 6.45) is 7.90. The lowest BCUT2D eigenvalue weighted by Crippen LogP contribution is -2.42. The molecule has 0 heterocycles. The summed E-state index contributed by atoms with van der Waals surface area (Å²) >= 11 is 0. The summed E-state index contributed by atoms with van der Waals surface area (Å²) < 4.78 is 5.38. The van der Waals surface area contributed by atoms with Gasteiger partial charge in [0.2, 0.25) is 0 Å². The number of hydrogen-bond donors (Lipinski definition) is 2. The molecule has 0 bridgehead atoms. The van der Waals surface area contributed by atoms with Crippen molar-refractivity contribution in [2.75, 3.05) is 46.9 Å². The lowest BCUT2D eigenvalue weighted by atomic mass is 9.83. The Balaban J connectivity index is 0.00000529. The van der Waals surface area contributed by atoms with E-state index in [1.807, 2.05) is 6.92 Å². The van der Waals surface area contributed by atoms with Crippen molar-refractivity contribution < 1.29 is 4.74 Å². The topological polar surface area (TPSA) is 48.9 Å². The van der Waals surface area contributed by atoms with Crippen LogP contribution in [0.5, 0.6) is 0 Å². The zero-order valence-electron chi connectivity index (χ0n) is 16.1. The van der Waals surface area contributed by atoms with Gasteiger partial charge in [0.25, 0.3) is 0 Å². The van der Waals surface area contributed by atoms with Gasteiger partial charge in [0, 0.05) is 32.3 Å². The van der Waals surface area contributed by atoms with Crippen LogP contribution in [0, 0.1) is 5.92 Å². The van der Waals surface area contributed by atoms with Gasteiger partial charge in [0.15, 0.2) is 5.96 Å². The Kier molecular flexibility index (Phi) is 15.1. The van der Waals surface area contributed by atoms with E-state index < -0.39 is 0 Å². The van der Waals surface area contributed by atoms with Crippen LogP contribution in [0.2, 0.25) is 0 Å². The average Bonchev–Trinajstić information content (AvgIpc) is 2.55. The van der Waals surface area contributed by atoms with Crippen LogP contribution in [0.1, 0.15) is 52.4 Å². The van der Waals surface area contributed by atoms with Crippen LogP contribution in [-0.4, -0.2) is 63.8 Å². The van der Waals surface area contributed by atoms with E-state index in [1.54, 1.807) is 0 Å².